The molecular formula is C84H80Cl4F12Ge4N4O12P4S4. The second-order valence-corrected chi connectivity index (χ2v) is 40.6. The molecule has 0 aromatic heterocycles. The fraction of sp³-hybridized carbons (Fsp3) is 0.143. The van der Waals surface area contributed by atoms with Gasteiger partial charge in [-0.25, -0.2) is 33.7 Å². The molecule has 12 aromatic carbocycles. The van der Waals surface area contributed by atoms with Crippen molar-refractivity contribution in [2.24, 2.45) is 0 Å². The monoisotopic (exact) mass is 2250 g/mol. The number of hydrogen-bond donors (Lipinski definition) is 4. The fourth-order valence-corrected chi connectivity index (χ4v) is 22.7. The summed E-state index contributed by atoms with van der Waals surface area (Å²) < 4.78 is 236. The van der Waals surface area contributed by atoms with Crippen LogP contribution >= 0.6 is 71.7 Å². The third-order valence-corrected chi connectivity index (χ3v) is 30.7. The minimum atomic E-state index is -6.09. The van der Waals surface area contributed by atoms with E-state index in [-0.39, 0.29) is 0 Å². The first-order valence-electron chi connectivity index (χ1n) is 36.7. The SMILES string of the molecule is O=S(=O)([O-])C(F)(F)F.O=S(=O)([O-])C(F)(F)F.O=S(=O)([O-])C(F)(F)F.O=S(=O)([O-])C(F)(F)F.[Cl][Ge].[Cl][Ge].[Cl][Ge].[Cl][Ge].c1ccc([PH+](c2ccccc2)c2ccccc2CNCCNCc2ccccc2[PH+](c2ccccc2)c2ccccc2)cc1.c1ccc([PH+](c2ccccc2)c2ccccc2CNCCNCc2ccccc2[PH+](c2ccccc2)c2ccccc2)cc1. The average Bonchev–Trinajstić information content (AvgIpc) is 0.810. The molecule has 0 amide bonds. The summed E-state index contributed by atoms with van der Waals surface area (Å²) >= 11 is 5.89. The van der Waals surface area contributed by atoms with E-state index in [9.17, 15) is 52.7 Å². The molecule has 0 fully saturated rings. The van der Waals surface area contributed by atoms with Crippen LogP contribution in [-0.2, 0) is 66.7 Å². The third-order valence-electron chi connectivity index (χ3n) is 17.0. The first kappa shape index (κ1) is 116. The van der Waals surface area contributed by atoms with Gasteiger partial charge in [-0.3, -0.25) is 0 Å². The molecule has 12 aromatic rings. The maximum Gasteiger partial charge on any atom is 0.106 e. The summed E-state index contributed by atoms with van der Waals surface area (Å²) in [5, 5.41) is 32.1. The summed E-state index contributed by atoms with van der Waals surface area (Å²) in [6.45, 7) is 7.06. The molecule has 12 radical (unpaired) electrons. The van der Waals surface area contributed by atoms with Crippen LogP contribution < -0.4 is 84.9 Å². The smallest absolute Gasteiger partial charge is 0.106 e. The fourth-order valence-electron chi connectivity index (χ4n) is 11.7. The van der Waals surface area contributed by atoms with Crippen molar-refractivity contribution in [1.29, 1.82) is 0 Å². The predicted molar refractivity (Wildman–Crippen MR) is 502 cm³/mol. The molecule has 0 saturated carbocycles. The van der Waals surface area contributed by atoms with Gasteiger partial charge in [0.2, 0.25) is 0 Å². The van der Waals surface area contributed by atoms with Gasteiger partial charge < -0.3 is 39.5 Å². The number of nitrogens with one attached hydrogen (secondary N) is 4. The second kappa shape index (κ2) is 60.6. The molecule has 128 heavy (non-hydrogen) atoms. The standard InChI is InChI=1S/2C40H38N2P2.4CHF3O3S.4ClGe/c2*1-5-19-35(20-6-1)43(36-21-7-2-8-22-36)39-27-15-13-17-33(39)31-41-29-30-42-32-34-18-14-16-28-40(34)44(37-23-9-3-10-24-37)38-25-11-4-12-26-38;4*2-1(3,4)8(5,6)7;4*1-2/h2*1-28,41-42H,29-32H2;4*(H,5,6,7);;;;. The van der Waals surface area contributed by atoms with Gasteiger partial charge >= 0.3 is 124 Å². The van der Waals surface area contributed by atoms with Gasteiger partial charge in [0.05, 0.1) is 31.7 Å². The zero-order chi connectivity index (χ0) is 95.6. The van der Waals surface area contributed by atoms with E-state index in [2.05, 4.69) is 401 Å². The van der Waals surface area contributed by atoms with Crippen molar-refractivity contribution < 1.29 is 105 Å². The normalized spacial score (nSPS) is 11.4. The van der Waals surface area contributed by atoms with Crippen LogP contribution in [0.2, 0.25) is 0 Å². The first-order chi connectivity index (χ1) is 60.8. The number of hydrogen-bond acceptors (Lipinski definition) is 16. The first-order valence-corrected chi connectivity index (χ1v) is 59.3. The summed E-state index contributed by atoms with van der Waals surface area (Å²) in [6, 6.07) is 124. The molecule has 0 aliphatic rings. The molecule has 0 aliphatic carbocycles. The average molecular weight is 2250 g/mol. The molecule has 44 heteroatoms. The van der Waals surface area contributed by atoms with Crippen LogP contribution in [0.4, 0.5) is 52.7 Å². The predicted octanol–water partition coefficient (Wildman–Crippen LogP) is 12.5. The van der Waals surface area contributed by atoms with Crippen molar-refractivity contribution in [3.63, 3.8) is 0 Å². The van der Waals surface area contributed by atoms with E-state index < -0.39 is 94.2 Å². The van der Waals surface area contributed by atoms with Gasteiger partial charge in [-0.15, -0.1) is 0 Å². The summed E-state index contributed by atoms with van der Waals surface area (Å²) in [5.41, 5.74) is -17.0. The third kappa shape index (κ3) is 41.0. The molecule has 0 spiro atoms. The molecule has 0 heterocycles. The summed E-state index contributed by atoms with van der Waals surface area (Å²) in [4.78, 5) is 0. The van der Waals surface area contributed by atoms with Gasteiger partial charge in [0, 0.05) is 74.6 Å². The Kier molecular flexibility index (Phi) is 55.1. The van der Waals surface area contributed by atoms with Gasteiger partial charge in [-0.2, -0.15) is 52.7 Å². The quantitative estimate of drug-likeness (QED) is 0.00979. The van der Waals surface area contributed by atoms with E-state index in [0.29, 0.717) is 0 Å². The summed E-state index contributed by atoms with van der Waals surface area (Å²) in [5.74, 6) is 0. The molecular weight excluding hydrogens is 2170 g/mol. The minimum absolute atomic E-state index is 0.859. The van der Waals surface area contributed by atoms with E-state index in [1.54, 1.807) is 0 Å². The minimum Gasteiger partial charge on any atom is -0.311 e. The Morgan fingerprint density at radius 2 is 0.312 bits per heavy atom. The second-order valence-electron chi connectivity index (χ2n) is 25.4. The van der Waals surface area contributed by atoms with E-state index >= 15 is 0 Å². The van der Waals surface area contributed by atoms with Crippen LogP contribution in [0.3, 0.4) is 0 Å². The zero-order valence-electron chi connectivity index (χ0n) is 66.6. The van der Waals surface area contributed by atoms with Crippen molar-refractivity contribution in [1.82, 2.24) is 21.3 Å². The van der Waals surface area contributed by atoms with E-state index in [4.69, 9.17) is 51.9 Å². The number of alkyl halides is 12. The van der Waals surface area contributed by atoms with E-state index in [0.717, 1.165) is 52.4 Å². The largest absolute Gasteiger partial charge is 0.311 e. The molecule has 12 rings (SSSR count). The van der Waals surface area contributed by atoms with Crippen LogP contribution in [-0.4, -0.2) is 162 Å². The molecule has 4 N–H and O–H groups in total. The van der Waals surface area contributed by atoms with Crippen LogP contribution in [0.15, 0.2) is 340 Å². The topological polar surface area (TPSA) is 277 Å². The van der Waals surface area contributed by atoms with Crippen molar-refractivity contribution in [3.05, 3.63) is 362 Å². The Labute approximate surface area is 793 Å². The van der Waals surface area contributed by atoms with Crippen LogP contribution in [0.1, 0.15) is 22.3 Å². The number of halogens is 16. The van der Waals surface area contributed by atoms with E-state index in [1.807, 2.05) is 0 Å². The van der Waals surface area contributed by atoms with Crippen molar-refractivity contribution >= 4 is 238 Å². The maximum atomic E-state index is 10.7. The molecule has 680 valence electrons. The Morgan fingerprint density at radius 1 is 0.211 bits per heavy atom. The Bertz CT molecular complexity index is 4770. The van der Waals surface area contributed by atoms with Gasteiger partial charge in [-0.1, -0.05) is 218 Å². The van der Waals surface area contributed by atoms with Crippen molar-refractivity contribution in [2.45, 2.75) is 48.2 Å². The van der Waals surface area contributed by atoms with Gasteiger partial charge in [-0.05, 0) is 121 Å². The van der Waals surface area contributed by atoms with Crippen molar-refractivity contribution in [2.75, 3.05) is 26.2 Å². The Hall–Kier alpha value is -5.67. The Balaban J connectivity index is 0.000000465. The maximum absolute atomic E-state index is 10.7. The molecule has 16 nitrogen and oxygen atoms in total. The van der Waals surface area contributed by atoms with Crippen LogP contribution in [0.5, 0.6) is 0 Å². The van der Waals surface area contributed by atoms with Crippen LogP contribution in [0.25, 0.3) is 0 Å². The number of rotatable bonds is 26. The Morgan fingerprint density at radius 3 is 0.422 bits per heavy atom. The number of benzene rings is 12. The molecule has 0 aliphatic heterocycles. The van der Waals surface area contributed by atoms with E-state index in [1.165, 1.54) is 148 Å². The summed E-state index contributed by atoms with van der Waals surface area (Å²) in [6.07, 6.45) is 0. The van der Waals surface area contributed by atoms with Gasteiger partial charge in [0.15, 0.2) is 40.5 Å². The summed E-state index contributed by atoms with van der Waals surface area (Å²) in [7, 11) is -10.2. The van der Waals surface area contributed by atoms with Crippen molar-refractivity contribution in [3.8, 4) is 0 Å². The van der Waals surface area contributed by atoms with Crippen LogP contribution in [0, 0.1) is 0 Å². The molecule has 0 saturated heterocycles. The van der Waals surface area contributed by atoms with Gasteiger partial charge in [0.25, 0.3) is 0 Å². The van der Waals surface area contributed by atoms with Gasteiger partial charge in [0.1, 0.15) is 63.7 Å². The molecule has 0 bridgehead atoms. The zero-order valence-corrected chi connectivity index (χ0v) is 85.2. The molecule has 0 atom stereocenters. The molecule has 0 unspecified atom stereocenters.